The van der Waals surface area contributed by atoms with Crippen LogP contribution in [-0.4, -0.2) is 6.38 Å². The van der Waals surface area contributed by atoms with Crippen LogP contribution in [0.15, 0.2) is 47.4 Å². The van der Waals surface area contributed by atoms with Gasteiger partial charge in [-0.2, -0.15) is 0 Å². The van der Waals surface area contributed by atoms with Crippen LogP contribution in [0.25, 0.3) is 10.8 Å². The first kappa shape index (κ1) is 21.4. The monoisotopic (exact) mass is 326 g/mol. The zero-order chi connectivity index (χ0) is 16.2. The largest absolute Gasteiger partial charge is 0.238 e. The van der Waals surface area contributed by atoms with Crippen molar-refractivity contribution < 1.29 is 11.7 Å². The van der Waals surface area contributed by atoms with E-state index in [1.807, 2.05) is 27.7 Å². The summed E-state index contributed by atoms with van der Waals surface area (Å²) in [6, 6.07) is 10.8. The third-order valence-corrected chi connectivity index (χ3v) is 2.85. The Labute approximate surface area is 127 Å². The normalized spacial score (nSPS) is 10.1. The number of hydrogen-bond acceptors (Lipinski definition) is 0. The minimum atomic E-state index is -5.13. The van der Waals surface area contributed by atoms with Crippen molar-refractivity contribution in [2.45, 2.75) is 32.6 Å². The minimum Gasteiger partial charge on any atom is -0.130 e. The Hall–Kier alpha value is -0.870. The molecule has 0 aliphatic heterocycles. The summed E-state index contributed by atoms with van der Waals surface area (Å²) in [7, 11) is 0. The predicted octanol–water partition coefficient (Wildman–Crippen LogP) is 7.56. The number of fused-ring (bicyclic) bond motifs is 1. The molecule has 0 unspecified atom stereocenters. The van der Waals surface area contributed by atoms with E-state index in [1.54, 1.807) is 24.3 Å². The molecule has 0 bridgehead atoms. The number of alkyl halides is 1. The smallest absolute Gasteiger partial charge is 0.130 e. The average molecular weight is 327 g/mol. The Bertz CT molecular complexity index is 465. The average Bonchev–Trinajstić information content (AvgIpc) is 2.52. The van der Waals surface area contributed by atoms with Gasteiger partial charge in [-0.05, 0) is 11.5 Å². The van der Waals surface area contributed by atoms with Crippen LogP contribution in [0.3, 0.4) is 0 Å². The van der Waals surface area contributed by atoms with Crippen molar-refractivity contribution >= 4 is 33.6 Å². The van der Waals surface area contributed by atoms with Crippen LogP contribution in [0.4, 0.5) is 11.7 Å². The van der Waals surface area contributed by atoms with Gasteiger partial charge in [-0.25, -0.2) is 0 Å². The summed E-state index contributed by atoms with van der Waals surface area (Å²) in [6.45, 7) is 8.00. The molecule has 0 fully saturated rings. The third kappa shape index (κ3) is 6.53. The third-order valence-electron chi connectivity index (χ3n) is 2.00. The molecular formula is C15H22ClF3S. The lowest BCUT2D eigenvalue weighted by molar-refractivity contribution is 0.635. The molecule has 0 aliphatic rings. The Kier molecular flexibility index (Phi) is 12.8. The van der Waals surface area contributed by atoms with Gasteiger partial charge in [-0.3, -0.25) is 0 Å². The molecule has 5 heteroatoms. The van der Waals surface area contributed by atoms with Crippen molar-refractivity contribution in [3.8, 4) is 0 Å². The maximum atomic E-state index is 12.6. The molecule has 0 aliphatic carbocycles. The van der Waals surface area contributed by atoms with E-state index in [-0.39, 0.29) is 5.39 Å². The molecule has 0 aromatic heterocycles. The minimum absolute atomic E-state index is 0.289. The fourth-order valence-corrected chi connectivity index (χ4v) is 2.07. The topological polar surface area (TPSA) is 0 Å². The van der Waals surface area contributed by atoms with Gasteiger partial charge in [-0.1, -0.05) is 64.1 Å². The quantitative estimate of drug-likeness (QED) is 0.474. The van der Waals surface area contributed by atoms with Gasteiger partial charge in [0, 0.05) is 11.8 Å². The van der Waals surface area contributed by atoms with Crippen LogP contribution in [-0.2, 0) is 0 Å². The lowest BCUT2D eigenvalue weighted by Gasteiger charge is -2.12. The standard InChI is InChI=1S/C10H7F3S.2C2H6.CH3Cl/c11-14(12,13)10-7-3-5-8-4-1-2-6-9(8)10;3*1-2/h1-7H;2*1-2H3;1H3. The van der Waals surface area contributed by atoms with E-state index in [4.69, 9.17) is 0 Å². The second-order valence-electron chi connectivity index (χ2n) is 2.88. The zero-order valence-corrected chi connectivity index (χ0v) is 14.0. The van der Waals surface area contributed by atoms with Crippen molar-refractivity contribution in [2.75, 3.05) is 6.38 Å². The molecule has 0 spiro atoms. The van der Waals surface area contributed by atoms with E-state index in [0.717, 1.165) is 6.07 Å². The maximum absolute atomic E-state index is 12.6. The summed E-state index contributed by atoms with van der Waals surface area (Å²) < 4.78 is 37.8. The second kappa shape index (κ2) is 11.9. The molecule has 0 nitrogen and oxygen atoms in total. The lowest BCUT2D eigenvalue weighted by Crippen LogP contribution is -1.82. The van der Waals surface area contributed by atoms with Crippen molar-refractivity contribution in [3.05, 3.63) is 42.5 Å². The molecule has 0 heterocycles. The summed E-state index contributed by atoms with van der Waals surface area (Å²) in [4.78, 5) is -0.490. The van der Waals surface area contributed by atoms with Gasteiger partial charge in [0.1, 0.15) is 0 Å². The van der Waals surface area contributed by atoms with Gasteiger partial charge < -0.3 is 0 Å². The van der Waals surface area contributed by atoms with Crippen LogP contribution >= 0.6 is 22.8 Å². The molecular weight excluding hydrogens is 305 g/mol. The Morgan fingerprint density at radius 3 is 1.70 bits per heavy atom. The van der Waals surface area contributed by atoms with Crippen LogP contribution in [0.1, 0.15) is 27.7 Å². The Morgan fingerprint density at radius 2 is 1.20 bits per heavy atom. The van der Waals surface area contributed by atoms with Gasteiger partial charge in [0.05, 0.1) is 4.90 Å². The highest BCUT2D eigenvalue weighted by Gasteiger charge is 2.26. The van der Waals surface area contributed by atoms with E-state index < -0.39 is 16.1 Å². The zero-order valence-electron chi connectivity index (χ0n) is 12.5. The molecule has 0 saturated carbocycles. The number of halogens is 4. The molecule has 0 radical (unpaired) electrons. The van der Waals surface area contributed by atoms with E-state index >= 15 is 0 Å². The highest BCUT2D eigenvalue weighted by atomic mass is 35.5. The summed E-state index contributed by atoms with van der Waals surface area (Å²) >= 11 is -0.491. The summed E-state index contributed by atoms with van der Waals surface area (Å²) in [6.07, 6.45) is 1.47. The first-order valence-corrected chi connectivity index (χ1v) is 8.46. The second-order valence-corrected chi connectivity index (χ2v) is 4.14. The van der Waals surface area contributed by atoms with Crippen LogP contribution < -0.4 is 0 Å². The molecule has 20 heavy (non-hydrogen) atoms. The molecule has 116 valence electrons. The van der Waals surface area contributed by atoms with Crippen LogP contribution in [0.2, 0.25) is 0 Å². The Morgan fingerprint density at radius 1 is 0.750 bits per heavy atom. The van der Waals surface area contributed by atoms with E-state index in [9.17, 15) is 11.7 Å². The van der Waals surface area contributed by atoms with E-state index in [1.165, 1.54) is 18.5 Å². The molecule has 2 rings (SSSR count). The SMILES string of the molecule is CC.CC.CCl.FS(F)(F)c1cccc2ccccc12. The summed E-state index contributed by atoms with van der Waals surface area (Å²) in [5, 5.41) is 0.923. The van der Waals surface area contributed by atoms with Crippen LogP contribution in [0.5, 0.6) is 0 Å². The van der Waals surface area contributed by atoms with Gasteiger partial charge in [0.15, 0.2) is 0 Å². The van der Waals surface area contributed by atoms with E-state index in [0.29, 0.717) is 5.39 Å². The molecule has 2 aromatic rings. The van der Waals surface area contributed by atoms with Gasteiger partial charge in [0.2, 0.25) is 11.2 Å². The summed E-state index contributed by atoms with van der Waals surface area (Å²) in [5.74, 6) is 0. The predicted molar refractivity (Wildman–Crippen MR) is 87.6 cm³/mol. The van der Waals surface area contributed by atoms with Crippen molar-refractivity contribution in [3.63, 3.8) is 0 Å². The van der Waals surface area contributed by atoms with Gasteiger partial charge in [0.25, 0.3) is 0 Å². The molecule has 0 saturated heterocycles. The highest BCUT2D eigenvalue weighted by Crippen LogP contribution is 2.62. The van der Waals surface area contributed by atoms with Gasteiger partial charge >= 0.3 is 0 Å². The fraction of sp³-hybridized carbons (Fsp3) is 0.333. The van der Waals surface area contributed by atoms with Crippen molar-refractivity contribution in [1.29, 1.82) is 0 Å². The first-order valence-electron chi connectivity index (χ1n) is 6.37. The molecule has 0 amide bonds. The number of benzene rings is 2. The number of hydrogen-bond donors (Lipinski definition) is 0. The van der Waals surface area contributed by atoms with Crippen LogP contribution in [0, 0.1) is 0 Å². The number of rotatable bonds is 1. The lowest BCUT2D eigenvalue weighted by atomic mass is 10.1. The molecule has 2 aromatic carbocycles. The van der Waals surface area contributed by atoms with E-state index in [2.05, 4.69) is 11.6 Å². The van der Waals surface area contributed by atoms with Crippen molar-refractivity contribution in [1.82, 2.24) is 0 Å². The highest BCUT2D eigenvalue weighted by molar-refractivity contribution is 8.21. The maximum Gasteiger partial charge on any atom is 0.238 e. The fourth-order valence-electron chi connectivity index (χ4n) is 1.40. The van der Waals surface area contributed by atoms with Crippen molar-refractivity contribution in [2.24, 2.45) is 0 Å². The Balaban J connectivity index is 0. The summed E-state index contributed by atoms with van der Waals surface area (Å²) in [5.41, 5.74) is 0. The molecule has 0 atom stereocenters. The first-order chi connectivity index (χ1) is 9.59. The molecule has 0 N–H and O–H groups in total. The van der Waals surface area contributed by atoms with Gasteiger partial charge in [-0.15, -0.1) is 23.3 Å².